The molecule has 0 spiro atoms. The lowest BCUT2D eigenvalue weighted by Gasteiger charge is -2.15. The maximum Gasteiger partial charge on any atom is 0.171 e. The average molecular weight is 208 g/mol. The van der Waals surface area contributed by atoms with Gasteiger partial charge < -0.3 is 14.2 Å². The highest BCUT2D eigenvalue weighted by atomic mass is 16.5. The Bertz CT molecular complexity index is 369. The number of hydrogen-bond donors (Lipinski definition) is 0. The van der Waals surface area contributed by atoms with Crippen molar-refractivity contribution in [2.24, 2.45) is 0 Å². The maximum atomic E-state index is 5.31. The summed E-state index contributed by atoms with van der Waals surface area (Å²) in [5.41, 5.74) is 1.72. The Kier molecular flexibility index (Phi) is 3.61. The fourth-order valence-electron chi connectivity index (χ4n) is 1.48. The number of benzene rings is 1. The zero-order valence-corrected chi connectivity index (χ0v) is 9.59. The maximum absolute atomic E-state index is 5.31. The van der Waals surface area contributed by atoms with Gasteiger partial charge in [0.1, 0.15) is 5.75 Å². The molecule has 1 aromatic carbocycles. The lowest BCUT2D eigenvalue weighted by molar-refractivity contribution is 0.347. The number of allylic oxidation sites excluding steroid dienone is 1. The normalized spacial score (nSPS) is 9.60. The first-order valence-corrected chi connectivity index (χ1v) is 4.60. The highest BCUT2D eigenvalue weighted by molar-refractivity contribution is 5.75. The molecular weight excluding hydrogens is 192 g/mol. The van der Waals surface area contributed by atoms with E-state index in [9.17, 15) is 0 Å². The van der Waals surface area contributed by atoms with Gasteiger partial charge in [0.15, 0.2) is 11.5 Å². The first-order chi connectivity index (χ1) is 7.15. The molecule has 3 heteroatoms. The standard InChI is InChI=1S/C12H16O3/c1-8(2)11-9(13-3)6-7-10(14-4)12(11)15-5/h6-7H,1H2,2-5H3. The monoisotopic (exact) mass is 208 g/mol. The number of rotatable bonds is 4. The summed E-state index contributed by atoms with van der Waals surface area (Å²) in [5, 5.41) is 0. The summed E-state index contributed by atoms with van der Waals surface area (Å²) in [5.74, 6) is 2.07. The van der Waals surface area contributed by atoms with Gasteiger partial charge in [0, 0.05) is 0 Å². The van der Waals surface area contributed by atoms with Crippen LogP contribution in [0.3, 0.4) is 0 Å². The molecule has 0 aliphatic heterocycles. The highest BCUT2D eigenvalue weighted by Crippen LogP contribution is 2.40. The van der Waals surface area contributed by atoms with Crippen LogP contribution in [-0.4, -0.2) is 21.3 Å². The molecule has 1 rings (SSSR count). The van der Waals surface area contributed by atoms with Crippen LogP contribution in [0.15, 0.2) is 18.7 Å². The van der Waals surface area contributed by atoms with Crippen molar-refractivity contribution in [3.8, 4) is 17.2 Å². The molecule has 0 aliphatic rings. The Hall–Kier alpha value is -1.64. The van der Waals surface area contributed by atoms with Crippen molar-refractivity contribution >= 4 is 5.57 Å². The Morgan fingerprint density at radius 2 is 1.53 bits per heavy atom. The summed E-state index contributed by atoms with van der Waals surface area (Å²) < 4.78 is 15.8. The van der Waals surface area contributed by atoms with Crippen molar-refractivity contribution in [3.63, 3.8) is 0 Å². The molecule has 15 heavy (non-hydrogen) atoms. The molecule has 0 N–H and O–H groups in total. The second kappa shape index (κ2) is 4.73. The predicted molar refractivity (Wildman–Crippen MR) is 60.8 cm³/mol. The van der Waals surface area contributed by atoms with Crippen molar-refractivity contribution in [1.82, 2.24) is 0 Å². The van der Waals surface area contributed by atoms with Crippen molar-refractivity contribution < 1.29 is 14.2 Å². The van der Waals surface area contributed by atoms with E-state index in [1.807, 2.05) is 19.1 Å². The molecule has 1 aromatic rings. The Labute approximate surface area is 90.3 Å². The minimum atomic E-state index is 0.657. The summed E-state index contributed by atoms with van der Waals surface area (Å²) in [4.78, 5) is 0. The quantitative estimate of drug-likeness (QED) is 0.761. The van der Waals surface area contributed by atoms with E-state index in [-0.39, 0.29) is 0 Å². The molecule has 0 aliphatic carbocycles. The largest absolute Gasteiger partial charge is 0.496 e. The average Bonchev–Trinajstić information content (AvgIpc) is 2.26. The van der Waals surface area contributed by atoms with Crippen LogP contribution in [0.5, 0.6) is 17.2 Å². The van der Waals surface area contributed by atoms with E-state index in [2.05, 4.69) is 6.58 Å². The smallest absolute Gasteiger partial charge is 0.171 e. The molecule has 0 unspecified atom stereocenters. The lowest BCUT2D eigenvalue weighted by Crippen LogP contribution is -1.97. The minimum Gasteiger partial charge on any atom is -0.496 e. The number of hydrogen-bond acceptors (Lipinski definition) is 3. The zero-order valence-electron chi connectivity index (χ0n) is 9.59. The fourth-order valence-corrected chi connectivity index (χ4v) is 1.48. The second-order valence-corrected chi connectivity index (χ2v) is 3.16. The van der Waals surface area contributed by atoms with Crippen LogP contribution in [-0.2, 0) is 0 Å². The van der Waals surface area contributed by atoms with Crippen LogP contribution in [0.25, 0.3) is 5.57 Å². The molecule has 0 radical (unpaired) electrons. The summed E-state index contributed by atoms with van der Waals surface area (Å²) in [6, 6.07) is 3.65. The van der Waals surface area contributed by atoms with Crippen molar-refractivity contribution in [3.05, 3.63) is 24.3 Å². The van der Waals surface area contributed by atoms with Gasteiger partial charge in [0.05, 0.1) is 26.9 Å². The molecular formula is C12H16O3. The van der Waals surface area contributed by atoms with Crippen LogP contribution in [0.2, 0.25) is 0 Å². The number of ether oxygens (including phenoxy) is 3. The molecule has 0 bridgehead atoms. The molecule has 3 nitrogen and oxygen atoms in total. The van der Waals surface area contributed by atoms with Crippen LogP contribution >= 0.6 is 0 Å². The fraction of sp³-hybridized carbons (Fsp3) is 0.333. The number of methoxy groups -OCH3 is 3. The van der Waals surface area contributed by atoms with E-state index in [1.165, 1.54) is 0 Å². The third-order valence-electron chi connectivity index (χ3n) is 2.15. The topological polar surface area (TPSA) is 27.7 Å². The van der Waals surface area contributed by atoms with Crippen molar-refractivity contribution in [1.29, 1.82) is 0 Å². The van der Waals surface area contributed by atoms with Gasteiger partial charge in [-0.2, -0.15) is 0 Å². The van der Waals surface area contributed by atoms with Gasteiger partial charge in [-0.25, -0.2) is 0 Å². The van der Waals surface area contributed by atoms with E-state index < -0.39 is 0 Å². The molecule has 0 atom stereocenters. The zero-order chi connectivity index (χ0) is 11.4. The van der Waals surface area contributed by atoms with Crippen LogP contribution in [0.4, 0.5) is 0 Å². The van der Waals surface area contributed by atoms with Crippen LogP contribution in [0, 0.1) is 0 Å². The summed E-state index contributed by atoms with van der Waals surface area (Å²) in [6.07, 6.45) is 0. The Balaban J connectivity index is 3.44. The molecule has 0 saturated carbocycles. The second-order valence-electron chi connectivity index (χ2n) is 3.16. The summed E-state index contributed by atoms with van der Waals surface area (Å²) >= 11 is 0. The molecule has 0 fully saturated rings. The third kappa shape index (κ3) is 2.06. The predicted octanol–water partition coefficient (Wildman–Crippen LogP) is 2.75. The van der Waals surface area contributed by atoms with Gasteiger partial charge in [-0.1, -0.05) is 6.58 Å². The first kappa shape index (κ1) is 11.4. The molecule has 0 heterocycles. The van der Waals surface area contributed by atoms with Crippen molar-refractivity contribution in [2.45, 2.75) is 6.92 Å². The Morgan fingerprint density at radius 3 is 1.93 bits per heavy atom. The van der Waals surface area contributed by atoms with Gasteiger partial charge >= 0.3 is 0 Å². The Morgan fingerprint density at radius 1 is 1.00 bits per heavy atom. The first-order valence-electron chi connectivity index (χ1n) is 4.60. The van der Waals surface area contributed by atoms with E-state index in [0.29, 0.717) is 11.5 Å². The molecule has 0 aromatic heterocycles. The van der Waals surface area contributed by atoms with E-state index in [4.69, 9.17) is 14.2 Å². The lowest BCUT2D eigenvalue weighted by atomic mass is 10.1. The minimum absolute atomic E-state index is 0.657. The van der Waals surface area contributed by atoms with Gasteiger partial charge in [0.2, 0.25) is 0 Å². The van der Waals surface area contributed by atoms with Crippen LogP contribution < -0.4 is 14.2 Å². The summed E-state index contributed by atoms with van der Waals surface area (Å²) in [7, 11) is 4.82. The molecule has 0 amide bonds. The molecule has 82 valence electrons. The van der Waals surface area contributed by atoms with Crippen LogP contribution in [0.1, 0.15) is 12.5 Å². The third-order valence-corrected chi connectivity index (χ3v) is 2.15. The summed E-state index contributed by atoms with van der Waals surface area (Å²) in [6.45, 7) is 5.81. The van der Waals surface area contributed by atoms with Crippen molar-refractivity contribution in [2.75, 3.05) is 21.3 Å². The van der Waals surface area contributed by atoms with Gasteiger partial charge in [-0.3, -0.25) is 0 Å². The van der Waals surface area contributed by atoms with E-state index in [1.54, 1.807) is 21.3 Å². The van der Waals surface area contributed by atoms with E-state index >= 15 is 0 Å². The van der Waals surface area contributed by atoms with E-state index in [0.717, 1.165) is 16.9 Å². The van der Waals surface area contributed by atoms with Gasteiger partial charge in [-0.05, 0) is 24.6 Å². The SMILES string of the molecule is C=C(C)c1c(OC)ccc(OC)c1OC. The highest BCUT2D eigenvalue weighted by Gasteiger charge is 2.15. The van der Waals surface area contributed by atoms with Gasteiger partial charge in [-0.15, -0.1) is 0 Å². The van der Waals surface area contributed by atoms with Gasteiger partial charge in [0.25, 0.3) is 0 Å². The molecule has 0 saturated heterocycles.